The highest BCUT2D eigenvalue weighted by Gasteiger charge is 2.15. The molecule has 0 aliphatic carbocycles. The Hall–Kier alpha value is -2.13. The zero-order valence-electron chi connectivity index (χ0n) is 9.60. The molecule has 0 aromatic carbocycles. The average molecular weight is 235 g/mol. The number of nitriles is 1. The standard InChI is InChI=1S/C11H13N3O3/c1-7-3-8(5-12)4-10(14-7)13-6-9(17-2)11(15)16/h3-4,9H,6H2,1-2H3,(H,13,14)(H,15,16). The molecule has 0 amide bonds. The number of methoxy groups -OCH3 is 1. The molecular formula is C11H13N3O3. The molecule has 0 saturated carbocycles. The Kier molecular flexibility index (Phi) is 4.43. The van der Waals surface area contributed by atoms with Crippen LogP contribution in [0.4, 0.5) is 5.82 Å². The topological polar surface area (TPSA) is 95.2 Å². The van der Waals surface area contributed by atoms with E-state index in [9.17, 15) is 4.79 Å². The quantitative estimate of drug-likeness (QED) is 0.782. The van der Waals surface area contributed by atoms with Gasteiger partial charge in [-0.15, -0.1) is 0 Å². The summed E-state index contributed by atoms with van der Waals surface area (Å²) in [6.07, 6.45) is -0.942. The lowest BCUT2D eigenvalue weighted by Gasteiger charge is -2.12. The van der Waals surface area contributed by atoms with Gasteiger partial charge in [0.05, 0.1) is 18.2 Å². The summed E-state index contributed by atoms with van der Waals surface area (Å²) in [5.41, 5.74) is 1.17. The van der Waals surface area contributed by atoms with E-state index < -0.39 is 12.1 Å². The number of carboxylic acid groups (broad SMARTS) is 1. The van der Waals surface area contributed by atoms with Crippen molar-refractivity contribution in [3.63, 3.8) is 0 Å². The Morgan fingerprint density at radius 3 is 2.94 bits per heavy atom. The average Bonchev–Trinajstić information content (AvgIpc) is 2.28. The van der Waals surface area contributed by atoms with Crippen LogP contribution < -0.4 is 5.32 Å². The fourth-order valence-electron chi connectivity index (χ4n) is 1.29. The Morgan fingerprint density at radius 1 is 1.71 bits per heavy atom. The molecule has 0 aliphatic heterocycles. The highest BCUT2D eigenvalue weighted by Crippen LogP contribution is 2.09. The van der Waals surface area contributed by atoms with E-state index >= 15 is 0 Å². The monoisotopic (exact) mass is 235 g/mol. The van der Waals surface area contributed by atoms with Crippen LogP contribution in [-0.4, -0.2) is 35.8 Å². The first kappa shape index (κ1) is 12.9. The van der Waals surface area contributed by atoms with Gasteiger partial charge in [0.15, 0.2) is 6.10 Å². The number of rotatable bonds is 5. The van der Waals surface area contributed by atoms with Gasteiger partial charge in [0.2, 0.25) is 0 Å². The van der Waals surface area contributed by atoms with E-state index in [1.54, 1.807) is 19.1 Å². The Morgan fingerprint density at radius 2 is 2.41 bits per heavy atom. The van der Waals surface area contributed by atoms with Crippen molar-refractivity contribution in [1.29, 1.82) is 5.26 Å². The second kappa shape index (κ2) is 5.82. The smallest absolute Gasteiger partial charge is 0.334 e. The number of hydrogen-bond donors (Lipinski definition) is 2. The van der Waals surface area contributed by atoms with Gasteiger partial charge in [-0.2, -0.15) is 5.26 Å². The lowest BCUT2D eigenvalue weighted by atomic mass is 10.2. The maximum Gasteiger partial charge on any atom is 0.334 e. The van der Waals surface area contributed by atoms with Gasteiger partial charge in [-0.3, -0.25) is 0 Å². The van der Waals surface area contributed by atoms with Crippen LogP contribution in [0.25, 0.3) is 0 Å². The predicted octanol–water partition coefficient (Wildman–Crippen LogP) is 0.773. The van der Waals surface area contributed by atoms with E-state index in [0.717, 1.165) is 0 Å². The molecule has 17 heavy (non-hydrogen) atoms. The van der Waals surface area contributed by atoms with Crippen LogP contribution in [0.5, 0.6) is 0 Å². The molecule has 90 valence electrons. The summed E-state index contributed by atoms with van der Waals surface area (Å²) in [6, 6.07) is 5.21. The number of pyridine rings is 1. The zero-order chi connectivity index (χ0) is 12.8. The number of hydrogen-bond acceptors (Lipinski definition) is 5. The minimum atomic E-state index is -1.05. The van der Waals surface area contributed by atoms with Crippen molar-refractivity contribution < 1.29 is 14.6 Å². The van der Waals surface area contributed by atoms with Gasteiger partial charge in [-0.05, 0) is 19.1 Å². The molecule has 0 spiro atoms. The lowest BCUT2D eigenvalue weighted by molar-refractivity contribution is -0.147. The van der Waals surface area contributed by atoms with Gasteiger partial charge in [0.1, 0.15) is 5.82 Å². The van der Waals surface area contributed by atoms with E-state index in [0.29, 0.717) is 17.1 Å². The Labute approximate surface area is 98.9 Å². The number of aromatic nitrogens is 1. The van der Waals surface area contributed by atoms with Crippen LogP contribution in [0, 0.1) is 18.3 Å². The van der Waals surface area contributed by atoms with Crippen LogP contribution in [0.15, 0.2) is 12.1 Å². The molecule has 6 heteroatoms. The molecule has 1 atom stereocenters. The lowest BCUT2D eigenvalue weighted by Crippen LogP contribution is -2.30. The van der Waals surface area contributed by atoms with Crippen molar-refractivity contribution in [1.82, 2.24) is 4.98 Å². The molecule has 2 N–H and O–H groups in total. The summed E-state index contributed by atoms with van der Waals surface area (Å²) >= 11 is 0. The molecule has 6 nitrogen and oxygen atoms in total. The maximum absolute atomic E-state index is 10.7. The van der Waals surface area contributed by atoms with Crippen LogP contribution in [0.3, 0.4) is 0 Å². The molecule has 1 aromatic rings. The van der Waals surface area contributed by atoms with Crippen LogP contribution in [-0.2, 0) is 9.53 Å². The Balaban J connectivity index is 2.72. The number of ether oxygens (including phenoxy) is 1. The molecule has 1 heterocycles. The number of aliphatic carboxylic acids is 1. The van der Waals surface area contributed by atoms with E-state index in [4.69, 9.17) is 15.1 Å². The molecule has 0 saturated heterocycles. The van der Waals surface area contributed by atoms with Crippen LogP contribution >= 0.6 is 0 Å². The molecule has 1 rings (SSSR count). The normalized spacial score (nSPS) is 11.6. The van der Waals surface area contributed by atoms with Crippen molar-refractivity contribution in [3.05, 3.63) is 23.4 Å². The largest absolute Gasteiger partial charge is 0.479 e. The van der Waals surface area contributed by atoms with E-state index in [2.05, 4.69) is 10.3 Å². The number of carboxylic acids is 1. The third-order valence-electron chi connectivity index (χ3n) is 2.11. The van der Waals surface area contributed by atoms with E-state index in [-0.39, 0.29) is 6.54 Å². The maximum atomic E-state index is 10.7. The SMILES string of the molecule is COC(CNc1cc(C#N)cc(C)n1)C(=O)O. The summed E-state index contributed by atoms with van der Waals surface area (Å²) < 4.78 is 4.77. The van der Waals surface area contributed by atoms with Gasteiger partial charge in [-0.25, -0.2) is 9.78 Å². The Bertz CT molecular complexity index is 454. The first-order chi connectivity index (χ1) is 8.06. The van der Waals surface area contributed by atoms with Crippen molar-refractivity contribution in [2.45, 2.75) is 13.0 Å². The summed E-state index contributed by atoms with van der Waals surface area (Å²) in [5, 5.41) is 20.4. The molecular weight excluding hydrogens is 222 g/mol. The second-order valence-electron chi connectivity index (χ2n) is 3.44. The van der Waals surface area contributed by atoms with Crippen LogP contribution in [0.1, 0.15) is 11.3 Å². The molecule has 0 aliphatic rings. The van der Waals surface area contributed by atoms with Gasteiger partial charge in [0.25, 0.3) is 0 Å². The number of nitrogens with zero attached hydrogens (tertiary/aromatic N) is 2. The third kappa shape index (κ3) is 3.74. The van der Waals surface area contributed by atoms with Crippen molar-refractivity contribution in [2.75, 3.05) is 19.0 Å². The summed E-state index contributed by atoms with van der Waals surface area (Å²) in [4.78, 5) is 14.8. The minimum absolute atomic E-state index is 0.0904. The molecule has 1 unspecified atom stereocenters. The number of nitrogens with one attached hydrogen (secondary N) is 1. The molecule has 0 bridgehead atoms. The van der Waals surface area contributed by atoms with Gasteiger partial charge >= 0.3 is 5.97 Å². The van der Waals surface area contributed by atoms with Crippen molar-refractivity contribution in [3.8, 4) is 6.07 Å². The number of aryl methyl sites for hydroxylation is 1. The molecule has 0 fully saturated rings. The minimum Gasteiger partial charge on any atom is -0.479 e. The molecule has 1 aromatic heterocycles. The fraction of sp³-hybridized carbons (Fsp3) is 0.364. The van der Waals surface area contributed by atoms with E-state index in [1.807, 2.05) is 6.07 Å². The number of anilines is 1. The van der Waals surface area contributed by atoms with Gasteiger partial charge in [0, 0.05) is 12.8 Å². The summed E-state index contributed by atoms with van der Waals surface area (Å²) in [7, 11) is 1.32. The van der Waals surface area contributed by atoms with Crippen molar-refractivity contribution >= 4 is 11.8 Å². The van der Waals surface area contributed by atoms with Gasteiger partial charge < -0.3 is 15.2 Å². The van der Waals surface area contributed by atoms with Crippen molar-refractivity contribution in [2.24, 2.45) is 0 Å². The summed E-state index contributed by atoms with van der Waals surface area (Å²) in [6.45, 7) is 1.85. The first-order valence-electron chi connectivity index (χ1n) is 4.95. The second-order valence-corrected chi connectivity index (χ2v) is 3.44. The predicted molar refractivity (Wildman–Crippen MR) is 60.6 cm³/mol. The highest BCUT2D eigenvalue weighted by atomic mass is 16.5. The first-order valence-corrected chi connectivity index (χ1v) is 4.95. The van der Waals surface area contributed by atoms with E-state index in [1.165, 1.54) is 7.11 Å². The number of carbonyl (C=O) groups is 1. The summed E-state index contributed by atoms with van der Waals surface area (Å²) in [5.74, 6) is -0.585. The molecule has 0 radical (unpaired) electrons. The van der Waals surface area contributed by atoms with Gasteiger partial charge in [-0.1, -0.05) is 0 Å². The van der Waals surface area contributed by atoms with Crippen LogP contribution in [0.2, 0.25) is 0 Å². The zero-order valence-corrected chi connectivity index (χ0v) is 9.60. The third-order valence-corrected chi connectivity index (χ3v) is 2.11. The highest BCUT2D eigenvalue weighted by molar-refractivity contribution is 5.73. The fourth-order valence-corrected chi connectivity index (χ4v) is 1.29.